The van der Waals surface area contributed by atoms with Crippen molar-refractivity contribution in [2.75, 3.05) is 6.54 Å². The Bertz CT molecular complexity index is 359. The monoisotopic (exact) mass is 249 g/mol. The molecule has 1 N–H and O–H groups in total. The number of hydrogen-bond acceptors (Lipinski definition) is 2. The summed E-state index contributed by atoms with van der Waals surface area (Å²) < 4.78 is 5.67. The van der Waals surface area contributed by atoms with Gasteiger partial charge >= 0.3 is 0 Å². The van der Waals surface area contributed by atoms with Gasteiger partial charge in [0.1, 0.15) is 5.75 Å². The van der Waals surface area contributed by atoms with Gasteiger partial charge in [0, 0.05) is 12.1 Å². The minimum absolute atomic E-state index is 0.0152. The lowest BCUT2D eigenvalue weighted by molar-refractivity contribution is 0.0953. The molecule has 3 nitrogen and oxygen atoms in total. The summed E-state index contributed by atoms with van der Waals surface area (Å²) in [5, 5.41) is 2.89. The van der Waals surface area contributed by atoms with E-state index in [0.717, 1.165) is 31.6 Å². The number of carbonyl (C=O) groups is 1. The molecule has 0 saturated carbocycles. The second-order valence-electron chi connectivity index (χ2n) is 4.47. The van der Waals surface area contributed by atoms with E-state index in [1.807, 2.05) is 19.1 Å². The van der Waals surface area contributed by atoms with Crippen LogP contribution < -0.4 is 10.1 Å². The smallest absolute Gasteiger partial charge is 0.251 e. The molecule has 1 aromatic rings. The zero-order valence-electron chi connectivity index (χ0n) is 11.5. The number of unbranched alkanes of at least 4 members (excludes halogenated alkanes) is 1. The fraction of sp³-hybridized carbons (Fsp3) is 0.533. The first-order valence-electron chi connectivity index (χ1n) is 6.72. The van der Waals surface area contributed by atoms with Gasteiger partial charge in [-0.1, -0.05) is 20.3 Å². The number of ether oxygens (including phenoxy) is 1. The highest BCUT2D eigenvalue weighted by atomic mass is 16.5. The summed E-state index contributed by atoms with van der Waals surface area (Å²) in [6.45, 7) is 6.96. The summed E-state index contributed by atoms with van der Waals surface area (Å²) in [4.78, 5) is 11.8. The van der Waals surface area contributed by atoms with Gasteiger partial charge in [-0.2, -0.15) is 0 Å². The van der Waals surface area contributed by atoms with Crippen LogP contribution in [-0.4, -0.2) is 18.6 Å². The van der Waals surface area contributed by atoms with Crippen molar-refractivity contribution in [1.29, 1.82) is 0 Å². The molecule has 100 valence electrons. The van der Waals surface area contributed by atoms with Gasteiger partial charge in [0.2, 0.25) is 0 Å². The average molecular weight is 249 g/mol. The highest BCUT2D eigenvalue weighted by molar-refractivity contribution is 5.94. The van der Waals surface area contributed by atoms with E-state index in [1.54, 1.807) is 12.1 Å². The van der Waals surface area contributed by atoms with Gasteiger partial charge in [-0.25, -0.2) is 0 Å². The molecule has 0 bridgehead atoms. The highest BCUT2D eigenvalue weighted by Crippen LogP contribution is 2.14. The van der Waals surface area contributed by atoms with Crippen LogP contribution in [0.1, 0.15) is 50.4 Å². The lowest BCUT2D eigenvalue weighted by Gasteiger charge is -2.12. The predicted octanol–water partition coefficient (Wildman–Crippen LogP) is 3.39. The van der Waals surface area contributed by atoms with Gasteiger partial charge in [-0.05, 0) is 44.0 Å². The Hall–Kier alpha value is -1.51. The zero-order valence-corrected chi connectivity index (χ0v) is 11.5. The van der Waals surface area contributed by atoms with Gasteiger partial charge in [-0.3, -0.25) is 4.79 Å². The molecule has 1 amide bonds. The third-order valence-corrected chi connectivity index (χ3v) is 2.84. The van der Waals surface area contributed by atoms with E-state index >= 15 is 0 Å². The topological polar surface area (TPSA) is 38.3 Å². The summed E-state index contributed by atoms with van der Waals surface area (Å²) in [6.07, 6.45) is 3.27. The molecule has 0 radical (unpaired) electrons. The van der Waals surface area contributed by atoms with Crippen LogP contribution in [0, 0.1) is 0 Å². The Morgan fingerprint density at radius 3 is 2.50 bits per heavy atom. The quantitative estimate of drug-likeness (QED) is 0.752. The fourth-order valence-electron chi connectivity index (χ4n) is 1.48. The molecule has 0 aliphatic rings. The minimum Gasteiger partial charge on any atom is -0.491 e. The maximum absolute atomic E-state index is 11.8. The van der Waals surface area contributed by atoms with E-state index in [1.165, 1.54) is 0 Å². The molecular weight excluding hydrogens is 226 g/mol. The standard InChI is InChI=1S/C15H23NO2/c1-4-6-11-16-15(17)13-7-9-14(10-8-13)18-12(3)5-2/h7-10,12H,4-6,11H2,1-3H3,(H,16,17). The van der Waals surface area contributed by atoms with Crippen molar-refractivity contribution in [3.05, 3.63) is 29.8 Å². The Balaban J connectivity index is 2.51. The zero-order chi connectivity index (χ0) is 13.4. The molecule has 0 aromatic heterocycles. The van der Waals surface area contributed by atoms with Crippen molar-refractivity contribution in [3.8, 4) is 5.75 Å². The maximum Gasteiger partial charge on any atom is 0.251 e. The van der Waals surface area contributed by atoms with Crippen LogP contribution >= 0.6 is 0 Å². The van der Waals surface area contributed by atoms with Gasteiger partial charge in [0.25, 0.3) is 5.91 Å². The van der Waals surface area contributed by atoms with E-state index in [4.69, 9.17) is 4.74 Å². The van der Waals surface area contributed by atoms with Crippen molar-refractivity contribution in [2.24, 2.45) is 0 Å². The van der Waals surface area contributed by atoms with Crippen molar-refractivity contribution in [3.63, 3.8) is 0 Å². The summed E-state index contributed by atoms with van der Waals surface area (Å²) in [6, 6.07) is 7.31. The molecule has 0 saturated heterocycles. The largest absolute Gasteiger partial charge is 0.491 e. The first-order chi connectivity index (χ1) is 8.67. The van der Waals surface area contributed by atoms with E-state index in [2.05, 4.69) is 19.2 Å². The van der Waals surface area contributed by atoms with Gasteiger partial charge in [0.15, 0.2) is 0 Å². The van der Waals surface area contributed by atoms with E-state index in [-0.39, 0.29) is 12.0 Å². The second-order valence-corrected chi connectivity index (χ2v) is 4.47. The van der Waals surface area contributed by atoms with Crippen molar-refractivity contribution >= 4 is 5.91 Å². The van der Waals surface area contributed by atoms with E-state index in [0.29, 0.717) is 5.56 Å². The number of carbonyl (C=O) groups excluding carboxylic acids is 1. The molecule has 0 fully saturated rings. The molecule has 0 heterocycles. The van der Waals surface area contributed by atoms with Crippen LogP contribution in [0.5, 0.6) is 5.75 Å². The molecule has 3 heteroatoms. The number of benzene rings is 1. The van der Waals surface area contributed by atoms with Crippen LogP contribution in [-0.2, 0) is 0 Å². The number of rotatable bonds is 7. The van der Waals surface area contributed by atoms with Gasteiger partial charge in [-0.15, -0.1) is 0 Å². The van der Waals surface area contributed by atoms with Crippen LogP contribution in [0.15, 0.2) is 24.3 Å². The lowest BCUT2D eigenvalue weighted by atomic mass is 10.2. The summed E-state index contributed by atoms with van der Waals surface area (Å²) in [5.74, 6) is 0.799. The van der Waals surface area contributed by atoms with Crippen LogP contribution in [0.3, 0.4) is 0 Å². The number of nitrogens with one attached hydrogen (secondary N) is 1. The predicted molar refractivity (Wildman–Crippen MR) is 74.1 cm³/mol. The summed E-state index contributed by atoms with van der Waals surface area (Å²) >= 11 is 0. The molecule has 1 rings (SSSR count). The van der Waals surface area contributed by atoms with E-state index < -0.39 is 0 Å². The van der Waals surface area contributed by atoms with Crippen molar-refractivity contribution in [2.45, 2.75) is 46.1 Å². The average Bonchev–Trinajstić information content (AvgIpc) is 2.39. The fourth-order valence-corrected chi connectivity index (χ4v) is 1.48. The third kappa shape index (κ3) is 4.78. The molecule has 0 aliphatic carbocycles. The van der Waals surface area contributed by atoms with Crippen LogP contribution in [0.25, 0.3) is 0 Å². The number of hydrogen-bond donors (Lipinski definition) is 1. The molecule has 0 aliphatic heterocycles. The van der Waals surface area contributed by atoms with Crippen LogP contribution in [0.2, 0.25) is 0 Å². The summed E-state index contributed by atoms with van der Waals surface area (Å²) in [5.41, 5.74) is 0.683. The van der Waals surface area contributed by atoms with Gasteiger partial charge in [0.05, 0.1) is 6.10 Å². The Kier molecular flexibility index (Phi) is 6.26. The Morgan fingerprint density at radius 2 is 1.94 bits per heavy atom. The number of amides is 1. The molecule has 1 unspecified atom stereocenters. The SMILES string of the molecule is CCCCNC(=O)c1ccc(OC(C)CC)cc1. The molecule has 0 spiro atoms. The Labute approximate surface area is 110 Å². The highest BCUT2D eigenvalue weighted by Gasteiger charge is 2.05. The molecule has 18 heavy (non-hydrogen) atoms. The van der Waals surface area contributed by atoms with E-state index in [9.17, 15) is 4.79 Å². The second kappa shape index (κ2) is 7.75. The van der Waals surface area contributed by atoms with Crippen molar-refractivity contribution in [1.82, 2.24) is 5.32 Å². The first-order valence-corrected chi connectivity index (χ1v) is 6.72. The van der Waals surface area contributed by atoms with Crippen LogP contribution in [0.4, 0.5) is 0 Å². The third-order valence-electron chi connectivity index (χ3n) is 2.84. The summed E-state index contributed by atoms with van der Waals surface area (Å²) in [7, 11) is 0. The van der Waals surface area contributed by atoms with Gasteiger partial charge < -0.3 is 10.1 Å². The normalized spacial score (nSPS) is 11.9. The van der Waals surface area contributed by atoms with Crippen molar-refractivity contribution < 1.29 is 9.53 Å². The molecule has 1 aromatic carbocycles. The maximum atomic E-state index is 11.8. The first kappa shape index (κ1) is 14.6. The molecule has 1 atom stereocenters. The minimum atomic E-state index is -0.0152. The molecular formula is C15H23NO2. The lowest BCUT2D eigenvalue weighted by Crippen LogP contribution is -2.24. The Morgan fingerprint density at radius 1 is 1.28 bits per heavy atom.